The van der Waals surface area contributed by atoms with Crippen molar-refractivity contribution in [3.05, 3.63) is 35.0 Å². The quantitative estimate of drug-likeness (QED) is 0.615. The molecule has 7 nitrogen and oxygen atoms in total. The molecule has 0 spiro atoms. The Morgan fingerprint density at radius 2 is 2.03 bits per heavy atom. The van der Waals surface area contributed by atoms with E-state index in [1.807, 2.05) is 18.2 Å². The largest absolute Gasteiger partial charge is 0.395 e. The van der Waals surface area contributed by atoms with Gasteiger partial charge in [0.1, 0.15) is 10.7 Å². The highest BCUT2D eigenvalue weighted by molar-refractivity contribution is 7.16. The van der Waals surface area contributed by atoms with Gasteiger partial charge < -0.3 is 20.1 Å². The van der Waals surface area contributed by atoms with Crippen molar-refractivity contribution in [2.24, 2.45) is 4.99 Å². The van der Waals surface area contributed by atoms with E-state index in [0.29, 0.717) is 25.1 Å². The number of aliphatic hydroxyl groups is 1. The molecule has 4 rings (SSSR count). The summed E-state index contributed by atoms with van der Waals surface area (Å²) in [5, 5.41) is 15.2. The van der Waals surface area contributed by atoms with Gasteiger partial charge in [-0.3, -0.25) is 4.90 Å². The van der Waals surface area contributed by atoms with Crippen LogP contribution in [0.4, 0.5) is 16.4 Å². The predicted molar refractivity (Wildman–Crippen MR) is 137 cm³/mol. The fourth-order valence-electron chi connectivity index (χ4n) is 4.04. The minimum atomic E-state index is 0. The maximum absolute atomic E-state index is 9.48. The molecule has 32 heavy (non-hydrogen) atoms. The van der Waals surface area contributed by atoms with Gasteiger partial charge in [-0.1, -0.05) is 26.0 Å². The molecule has 2 aromatic rings. The number of β-amino-alcohol motifs (C(OH)–C–C–N with tert-alkyl or cyclic N) is 1. The first-order valence-corrected chi connectivity index (χ1v) is 11.5. The monoisotopic (exact) mass is 501 g/mol. The van der Waals surface area contributed by atoms with E-state index in [2.05, 4.69) is 35.0 Å². The van der Waals surface area contributed by atoms with Crippen LogP contribution in [0.1, 0.15) is 36.9 Å². The number of hydrogen-bond donors (Lipinski definition) is 2. The molecule has 1 atom stereocenters. The van der Waals surface area contributed by atoms with Crippen LogP contribution in [-0.4, -0.2) is 78.3 Å². The number of nitrogens with zero attached hydrogens (tertiary/aromatic N) is 4. The normalized spacial score (nSPS) is 18.0. The lowest BCUT2D eigenvalue weighted by Crippen LogP contribution is -2.55. The van der Waals surface area contributed by atoms with Crippen molar-refractivity contribution in [2.45, 2.75) is 32.2 Å². The zero-order valence-corrected chi connectivity index (χ0v) is 21.2. The second-order valence-corrected chi connectivity index (χ2v) is 9.13. The van der Waals surface area contributed by atoms with Crippen molar-refractivity contribution in [3.63, 3.8) is 0 Å². The van der Waals surface area contributed by atoms with Gasteiger partial charge in [0.05, 0.1) is 23.0 Å². The third-order valence-electron chi connectivity index (χ3n) is 5.67. The van der Waals surface area contributed by atoms with Gasteiger partial charge in [0.25, 0.3) is 0 Å². The van der Waals surface area contributed by atoms with Crippen molar-refractivity contribution >= 4 is 58.4 Å². The number of piperazine rings is 1. The van der Waals surface area contributed by atoms with Gasteiger partial charge in [-0.15, -0.1) is 36.2 Å². The number of rotatable bonds is 6. The first-order valence-electron chi connectivity index (χ1n) is 10.6. The van der Waals surface area contributed by atoms with Crippen LogP contribution in [0.25, 0.3) is 0 Å². The summed E-state index contributed by atoms with van der Waals surface area (Å²) in [6, 6.07) is 8.49. The third-order valence-corrected chi connectivity index (χ3v) is 6.95. The molecule has 3 heterocycles. The number of aliphatic imine (C=N–C) groups is 1. The second-order valence-electron chi connectivity index (χ2n) is 8.10. The minimum absolute atomic E-state index is 0. The van der Waals surface area contributed by atoms with Crippen LogP contribution in [0.5, 0.6) is 0 Å². The number of benzene rings is 1. The molecular weight excluding hydrogens is 469 g/mol. The Labute approximate surface area is 206 Å². The Bertz CT molecular complexity index is 908. The van der Waals surface area contributed by atoms with Gasteiger partial charge in [0, 0.05) is 51.9 Å². The lowest BCUT2D eigenvalue weighted by Gasteiger charge is -2.42. The average molecular weight is 503 g/mol. The van der Waals surface area contributed by atoms with Crippen LogP contribution in [0.15, 0.2) is 29.3 Å². The van der Waals surface area contributed by atoms with Crippen LogP contribution >= 0.6 is 36.2 Å². The van der Waals surface area contributed by atoms with Crippen LogP contribution in [-0.2, 0) is 4.74 Å². The highest BCUT2D eigenvalue weighted by Gasteiger charge is 2.32. The highest BCUT2D eigenvalue weighted by atomic mass is 35.5. The molecule has 2 N–H and O–H groups in total. The summed E-state index contributed by atoms with van der Waals surface area (Å²) in [6.07, 6.45) is 0.927. The maximum atomic E-state index is 9.48. The number of hydrogen-bond acceptors (Lipinski definition) is 8. The van der Waals surface area contributed by atoms with Crippen LogP contribution in [0.3, 0.4) is 0 Å². The molecule has 0 amide bonds. The number of thiazole rings is 1. The number of aliphatic hydroxyl groups excluding tert-OH is 1. The Morgan fingerprint density at radius 3 is 2.75 bits per heavy atom. The van der Waals surface area contributed by atoms with E-state index in [4.69, 9.17) is 14.7 Å². The van der Waals surface area contributed by atoms with Crippen LogP contribution in [0.2, 0.25) is 0 Å². The van der Waals surface area contributed by atoms with E-state index in [1.165, 1.54) is 0 Å². The van der Waals surface area contributed by atoms with E-state index in [0.717, 1.165) is 59.0 Å². The third kappa shape index (κ3) is 5.73. The molecule has 0 saturated carbocycles. The summed E-state index contributed by atoms with van der Waals surface area (Å²) in [4.78, 5) is 14.8. The highest BCUT2D eigenvalue weighted by Crippen LogP contribution is 2.39. The molecule has 0 radical (unpaired) electrons. The molecule has 0 aliphatic carbocycles. The molecule has 1 saturated heterocycles. The Morgan fingerprint density at radius 1 is 1.25 bits per heavy atom. The number of halogens is 2. The molecule has 1 aromatic carbocycles. The lowest BCUT2D eigenvalue weighted by atomic mass is 10.1. The zero-order chi connectivity index (χ0) is 21.1. The SMILES string of the molecule is COCC[C@H]1CN(C2=Nc3ccccc3Nc3sc(C(C)C)nc32)CCN1CCO.Cl.Cl. The molecule has 10 heteroatoms. The maximum Gasteiger partial charge on any atom is 0.158 e. The number of anilines is 2. The van der Waals surface area contributed by atoms with Gasteiger partial charge in [0.15, 0.2) is 5.84 Å². The number of amidine groups is 1. The van der Waals surface area contributed by atoms with E-state index in [-0.39, 0.29) is 31.4 Å². The van der Waals surface area contributed by atoms with Crippen LogP contribution < -0.4 is 5.32 Å². The minimum Gasteiger partial charge on any atom is -0.395 e. The van der Waals surface area contributed by atoms with E-state index in [9.17, 15) is 5.11 Å². The van der Waals surface area contributed by atoms with Crippen molar-refractivity contribution in [1.29, 1.82) is 0 Å². The van der Waals surface area contributed by atoms with E-state index < -0.39 is 0 Å². The smallest absolute Gasteiger partial charge is 0.158 e. The van der Waals surface area contributed by atoms with Gasteiger partial charge in [-0.2, -0.15) is 0 Å². The van der Waals surface area contributed by atoms with Gasteiger partial charge in [-0.25, -0.2) is 9.98 Å². The molecule has 0 bridgehead atoms. The predicted octanol–water partition coefficient (Wildman–Crippen LogP) is 4.26. The van der Waals surface area contributed by atoms with E-state index >= 15 is 0 Å². The summed E-state index contributed by atoms with van der Waals surface area (Å²) < 4.78 is 5.35. The van der Waals surface area contributed by atoms with Crippen LogP contribution in [0, 0.1) is 0 Å². The topological polar surface area (TPSA) is 73.2 Å². The molecular formula is C22H33Cl2N5O2S. The lowest BCUT2D eigenvalue weighted by molar-refractivity contribution is 0.0664. The van der Waals surface area contributed by atoms with E-state index in [1.54, 1.807) is 18.4 Å². The fraction of sp³-hybridized carbons (Fsp3) is 0.545. The molecule has 178 valence electrons. The number of methoxy groups -OCH3 is 1. The number of para-hydroxylation sites is 2. The van der Waals surface area contributed by atoms with Crippen molar-refractivity contribution in [2.75, 3.05) is 51.8 Å². The summed E-state index contributed by atoms with van der Waals surface area (Å²) in [5.41, 5.74) is 2.90. The summed E-state index contributed by atoms with van der Waals surface area (Å²) >= 11 is 1.72. The summed E-state index contributed by atoms with van der Waals surface area (Å²) in [7, 11) is 1.74. The zero-order valence-electron chi connectivity index (χ0n) is 18.8. The number of ether oxygens (including phenoxy) is 1. The molecule has 2 aliphatic heterocycles. The van der Waals surface area contributed by atoms with Crippen molar-refractivity contribution < 1.29 is 9.84 Å². The van der Waals surface area contributed by atoms with Crippen molar-refractivity contribution in [3.8, 4) is 0 Å². The van der Waals surface area contributed by atoms with Gasteiger partial charge in [0.2, 0.25) is 0 Å². The standard InChI is InChI=1S/C22H31N5O2S.2ClH/c1-15(2)21-25-19-20(23-17-6-4-5-7-18(17)24-22(19)30-21)27-10-9-26(11-12-28)16(14-27)8-13-29-3;;/h4-7,15-16,24,28H,8-14H2,1-3H3;2*1H/t16-;;/m0../s1. The van der Waals surface area contributed by atoms with Gasteiger partial charge in [-0.05, 0) is 18.6 Å². The molecule has 1 aromatic heterocycles. The Balaban J connectivity index is 0.00000181. The fourth-order valence-corrected chi connectivity index (χ4v) is 5.02. The summed E-state index contributed by atoms with van der Waals surface area (Å²) in [6.45, 7) is 8.52. The molecule has 2 aliphatic rings. The number of fused-ring (bicyclic) bond motifs is 2. The Kier molecular flexibility index (Phi) is 10.2. The first-order chi connectivity index (χ1) is 14.6. The molecule has 0 unspecified atom stereocenters. The number of aromatic nitrogens is 1. The van der Waals surface area contributed by atoms with Gasteiger partial charge >= 0.3 is 0 Å². The second kappa shape index (κ2) is 12.2. The first kappa shape index (κ1) is 26.8. The molecule has 1 fully saturated rings. The Hall–Kier alpha value is -1.42. The van der Waals surface area contributed by atoms with Crippen molar-refractivity contribution in [1.82, 2.24) is 14.8 Å². The average Bonchev–Trinajstić information content (AvgIpc) is 3.10. The summed E-state index contributed by atoms with van der Waals surface area (Å²) in [5.74, 6) is 1.31. The number of nitrogens with one attached hydrogen (secondary N) is 1.